The first kappa shape index (κ1) is 6.31. The van der Waals surface area contributed by atoms with E-state index in [9.17, 15) is 4.79 Å². The molecule has 6 heavy (non-hydrogen) atoms. The van der Waals surface area contributed by atoms with E-state index in [1.165, 1.54) is 0 Å². The zero-order valence-corrected chi connectivity index (χ0v) is 4.80. The zero-order chi connectivity index (χ0) is 4.99. The fourth-order valence-electron chi connectivity index (χ4n) is 0.0879. The molecule has 0 unspecified atom stereocenters. The molecule has 36 valence electrons. The van der Waals surface area contributed by atoms with Crippen molar-refractivity contribution in [2.24, 2.45) is 0 Å². The number of carbonyl (C=O) groups is 1. The van der Waals surface area contributed by atoms with Crippen LogP contribution in [-0.4, -0.2) is 11.0 Å². The molecule has 0 N–H and O–H groups in total. The maximum absolute atomic E-state index is 9.76. The molecule has 0 aromatic carbocycles. The SMILES string of the molecule is O=C(Cl)CCS. The third-order valence-electron chi connectivity index (χ3n) is 0.308. The van der Waals surface area contributed by atoms with E-state index in [2.05, 4.69) is 12.6 Å². The van der Waals surface area contributed by atoms with Crippen molar-refractivity contribution in [1.82, 2.24) is 0 Å². The molecule has 0 aromatic rings. The number of hydrogen-bond donors (Lipinski definition) is 1. The van der Waals surface area contributed by atoms with Crippen molar-refractivity contribution in [2.45, 2.75) is 6.42 Å². The number of halogens is 1. The molecule has 0 radical (unpaired) electrons. The quantitative estimate of drug-likeness (QED) is 0.431. The molecule has 0 amide bonds. The van der Waals surface area contributed by atoms with Crippen molar-refractivity contribution in [3.05, 3.63) is 0 Å². The monoisotopic (exact) mass is 124 g/mol. The van der Waals surface area contributed by atoms with E-state index in [1.807, 2.05) is 0 Å². The molecule has 0 saturated carbocycles. The topological polar surface area (TPSA) is 17.1 Å². The second-order valence-electron chi connectivity index (χ2n) is 0.829. The molecule has 0 rings (SSSR count). The lowest BCUT2D eigenvalue weighted by molar-refractivity contribution is -0.111. The maximum Gasteiger partial charge on any atom is 0.222 e. The highest BCUT2D eigenvalue weighted by Crippen LogP contribution is 1.88. The van der Waals surface area contributed by atoms with Crippen LogP contribution in [-0.2, 0) is 4.79 Å². The van der Waals surface area contributed by atoms with Crippen LogP contribution in [0.4, 0.5) is 0 Å². The standard InChI is InChI=1S/C3H5ClOS/c4-3(5)1-2-6/h6H,1-2H2. The Morgan fingerprint density at radius 2 is 2.33 bits per heavy atom. The minimum Gasteiger partial charge on any atom is -0.281 e. The molecule has 0 aliphatic heterocycles. The van der Waals surface area contributed by atoms with Crippen molar-refractivity contribution in [2.75, 3.05) is 5.75 Å². The lowest BCUT2D eigenvalue weighted by Gasteiger charge is -1.77. The fourth-order valence-corrected chi connectivity index (χ4v) is 0.517. The molecule has 0 spiro atoms. The minimum atomic E-state index is -0.315. The van der Waals surface area contributed by atoms with Crippen LogP contribution in [0.15, 0.2) is 0 Å². The van der Waals surface area contributed by atoms with Crippen LogP contribution < -0.4 is 0 Å². The van der Waals surface area contributed by atoms with Gasteiger partial charge in [0, 0.05) is 6.42 Å². The first-order valence-corrected chi connectivity index (χ1v) is 2.57. The Labute approximate surface area is 47.1 Å². The lowest BCUT2D eigenvalue weighted by atomic mass is 10.6. The summed E-state index contributed by atoms with van der Waals surface area (Å²) in [6.45, 7) is 0. The molecule has 0 atom stereocenters. The number of thiol groups is 1. The average Bonchev–Trinajstić information content (AvgIpc) is 1.35. The van der Waals surface area contributed by atoms with Crippen molar-refractivity contribution >= 4 is 29.5 Å². The van der Waals surface area contributed by atoms with E-state index >= 15 is 0 Å². The minimum absolute atomic E-state index is 0.315. The van der Waals surface area contributed by atoms with Gasteiger partial charge in [0.1, 0.15) is 0 Å². The Bertz CT molecular complexity index is 54.8. The summed E-state index contributed by atoms with van der Waals surface area (Å²) in [5.74, 6) is 0.544. The van der Waals surface area contributed by atoms with Gasteiger partial charge in [-0.05, 0) is 17.4 Å². The molecule has 3 heteroatoms. The Morgan fingerprint density at radius 1 is 1.83 bits per heavy atom. The first-order chi connectivity index (χ1) is 2.77. The molecular formula is C3H5ClOS. The van der Waals surface area contributed by atoms with Gasteiger partial charge in [-0.2, -0.15) is 12.6 Å². The first-order valence-electron chi connectivity index (χ1n) is 1.56. The normalized spacial score (nSPS) is 8.33. The molecule has 0 aliphatic rings. The molecule has 0 saturated heterocycles. The van der Waals surface area contributed by atoms with Crippen LogP contribution >= 0.6 is 24.2 Å². The third-order valence-corrected chi connectivity index (χ3v) is 0.721. The summed E-state index contributed by atoms with van der Waals surface area (Å²) in [6, 6.07) is 0. The highest BCUT2D eigenvalue weighted by Gasteiger charge is 1.87. The van der Waals surface area contributed by atoms with E-state index < -0.39 is 0 Å². The average molecular weight is 125 g/mol. The molecule has 1 nitrogen and oxygen atoms in total. The Hall–Kier alpha value is 0.310. The van der Waals surface area contributed by atoms with Gasteiger partial charge in [-0.25, -0.2) is 0 Å². The van der Waals surface area contributed by atoms with E-state index in [0.717, 1.165) is 0 Å². The van der Waals surface area contributed by atoms with Crippen LogP contribution in [0.2, 0.25) is 0 Å². The van der Waals surface area contributed by atoms with Gasteiger partial charge in [0.05, 0.1) is 0 Å². The maximum atomic E-state index is 9.76. The molecule has 0 heterocycles. The molecule has 0 aliphatic carbocycles. The second kappa shape index (κ2) is 3.50. The van der Waals surface area contributed by atoms with Gasteiger partial charge in [-0.15, -0.1) is 0 Å². The summed E-state index contributed by atoms with van der Waals surface area (Å²) in [4.78, 5) is 9.76. The summed E-state index contributed by atoms with van der Waals surface area (Å²) in [6.07, 6.45) is 0.366. The van der Waals surface area contributed by atoms with E-state index in [0.29, 0.717) is 12.2 Å². The van der Waals surface area contributed by atoms with Crippen LogP contribution in [0.1, 0.15) is 6.42 Å². The number of rotatable bonds is 2. The predicted molar refractivity (Wildman–Crippen MR) is 29.3 cm³/mol. The summed E-state index contributed by atoms with van der Waals surface area (Å²) < 4.78 is 0. The van der Waals surface area contributed by atoms with Crippen LogP contribution in [0.25, 0.3) is 0 Å². The summed E-state index contributed by atoms with van der Waals surface area (Å²) in [5, 5.41) is -0.315. The fraction of sp³-hybridized carbons (Fsp3) is 0.667. The van der Waals surface area contributed by atoms with Crippen LogP contribution in [0.5, 0.6) is 0 Å². The van der Waals surface area contributed by atoms with Gasteiger partial charge in [-0.3, -0.25) is 4.79 Å². The van der Waals surface area contributed by atoms with Gasteiger partial charge < -0.3 is 0 Å². The largest absolute Gasteiger partial charge is 0.281 e. The molecule has 0 fully saturated rings. The van der Waals surface area contributed by atoms with Gasteiger partial charge in [0.2, 0.25) is 5.24 Å². The lowest BCUT2D eigenvalue weighted by Crippen LogP contribution is -1.83. The highest BCUT2D eigenvalue weighted by molar-refractivity contribution is 7.80. The highest BCUT2D eigenvalue weighted by atomic mass is 35.5. The summed E-state index contributed by atoms with van der Waals surface area (Å²) in [5.41, 5.74) is 0. The van der Waals surface area contributed by atoms with Crippen molar-refractivity contribution < 1.29 is 4.79 Å². The second-order valence-corrected chi connectivity index (χ2v) is 1.70. The van der Waals surface area contributed by atoms with E-state index in [-0.39, 0.29) is 5.24 Å². The summed E-state index contributed by atoms with van der Waals surface area (Å²) in [7, 11) is 0. The Balaban J connectivity index is 2.83. The van der Waals surface area contributed by atoms with Gasteiger partial charge >= 0.3 is 0 Å². The van der Waals surface area contributed by atoms with Crippen LogP contribution in [0.3, 0.4) is 0 Å². The van der Waals surface area contributed by atoms with Crippen LogP contribution in [0, 0.1) is 0 Å². The van der Waals surface area contributed by atoms with Gasteiger partial charge in [0.15, 0.2) is 0 Å². The molecular weight excluding hydrogens is 120 g/mol. The Kier molecular flexibility index (Phi) is 3.68. The van der Waals surface area contributed by atoms with E-state index in [4.69, 9.17) is 11.6 Å². The van der Waals surface area contributed by atoms with Gasteiger partial charge in [0.25, 0.3) is 0 Å². The van der Waals surface area contributed by atoms with Gasteiger partial charge in [-0.1, -0.05) is 0 Å². The smallest absolute Gasteiger partial charge is 0.222 e. The van der Waals surface area contributed by atoms with Crippen molar-refractivity contribution in [3.8, 4) is 0 Å². The number of carbonyl (C=O) groups excluding carboxylic acids is 1. The summed E-state index contributed by atoms with van der Waals surface area (Å²) >= 11 is 8.64. The molecule has 0 bridgehead atoms. The zero-order valence-electron chi connectivity index (χ0n) is 3.15. The third kappa shape index (κ3) is 4.31. The number of hydrogen-bond acceptors (Lipinski definition) is 2. The Morgan fingerprint density at radius 3 is 2.33 bits per heavy atom. The molecule has 0 aromatic heterocycles. The van der Waals surface area contributed by atoms with Crippen molar-refractivity contribution in [1.29, 1.82) is 0 Å². The van der Waals surface area contributed by atoms with E-state index in [1.54, 1.807) is 0 Å². The predicted octanol–water partition coefficient (Wildman–Crippen LogP) is 1.07. The van der Waals surface area contributed by atoms with Crippen molar-refractivity contribution in [3.63, 3.8) is 0 Å².